The summed E-state index contributed by atoms with van der Waals surface area (Å²) in [6.45, 7) is 4.26. The van der Waals surface area contributed by atoms with E-state index in [4.69, 9.17) is 0 Å². The normalized spacial score (nSPS) is 19.3. The molecule has 0 radical (unpaired) electrons. The zero-order valence-electron chi connectivity index (χ0n) is 16.1. The molecule has 0 unspecified atom stereocenters. The van der Waals surface area contributed by atoms with Gasteiger partial charge in [-0.2, -0.15) is 5.10 Å². The summed E-state index contributed by atoms with van der Waals surface area (Å²) in [5, 5.41) is 14.8. The topological polar surface area (TPSA) is 88.3 Å². The maximum absolute atomic E-state index is 13.4. The van der Waals surface area contributed by atoms with E-state index >= 15 is 0 Å². The number of carboxylic acid groups (broad SMARTS) is 1. The van der Waals surface area contributed by atoms with Crippen LogP contribution in [0.25, 0.3) is 11.0 Å². The van der Waals surface area contributed by atoms with Crippen molar-refractivity contribution in [2.75, 3.05) is 13.1 Å². The highest BCUT2D eigenvalue weighted by Gasteiger charge is 2.41. The number of nitrogens with zero attached hydrogens (tertiary/aromatic N) is 4. The fourth-order valence-corrected chi connectivity index (χ4v) is 4.17. The van der Waals surface area contributed by atoms with E-state index in [0.717, 1.165) is 22.3 Å². The molecule has 1 aliphatic rings. The van der Waals surface area contributed by atoms with Gasteiger partial charge in [0, 0.05) is 31.7 Å². The molecule has 4 rings (SSSR count). The highest BCUT2D eigenvalue weighted by Crippen LogP contribution is 2.34. The number of benzene rings is 1. The smallest absolute Gasteiger partial charge is 0.308 e. The highest BCUT2D eigenvalue weighted by atomic mass is 16.4. The van der Waals surface area contributed by atoms with Crippen LogP contribution in [0.3, 0.4) is 0 Å². The van der Waals surface area contributed by atoms with Crippen LogP contribution < -0.4 is 0 Å². The van der Waals surface area contributed by atoms with Gasteiger partial charge in [-0.05, 0) is 25.5 Å². The average Bonchev–Trinajstić information content (AvgIpc) is 3.23. The van der Waals surface area contributed by atoms with Crippen LogP contribution >= 0.6 is 0 Å². The van der Waals surface area contributed by atoms with Crippen LogP contribution in [-0.2, 0) is 11.8 Å². The lowest BCUT2D eigenvalue weighted by Gasteiger charge is -2.17. The van der Waals surface area contributed by atoms with Crippen molar-refractivity contribution in [1.29, 1.82) is 0 Å². The minimum absolute atomic E-state index is 0.170. The number of aliphatic carboxylic acids is 1. The number of aryl methyl sites for hydroxylation is 3. The minimum atomic E-state index is -0.877. The van der Waals surface area contributed by atoms with E-state index < -0.39 is 11.9 Å². The van der Waals surface area contributed by atoms with Crippen molar-refractivity contribution in [3.05, 3.63) is 58.9 Å². The van der Waals surface area contributed by atoms with Crippen molar-refractivity contribution in [2.24, 2.45) is 13.0 Å². The first kappa shape index (κ1) is 18.2. The van der Waals surface area contributed by atoms with Gasteiger partial charge in [-0.3, -0.25) is 14.3 Å². The number of fused-ring (bicyclic) bond motifs is 1. The molecule has 3 aromatic rings. The fourth-order valence-electron chi connectivity index (χ4n) is 4.17. The van der Waals surface area contributed by atoms with Crippen molar-refractivity contribution in [1.82, 2.24) is 19.7 Å². The first-order valence-electron chi connectivity index (χ1n) is 9.24. The van der Waals surface area contributed by atoms with Crippen LogP contribution in [0, 0.1) is 19.8 Å². The molecule has 3 heterocycles. The monoisotopic (exact) mass is 378 g/mol. The van der Waals surface area contributed by atoms with Gasteiger partial charge in [0.15, 0.2) is 5.65 Å². The summed E-state index contributed by atoms with van der Waals surface area (Å²) in [7, 11) is 1.80. The van der Waals surface area contributed by atoms with Crippen LogP contribution in [0.5, 0.6) is 0 Å². The largest absolute Gasteiger partial charge is 0.481 e. The molecular formula is C21H22N4O3. The molecule has 1 saturated heterocycles. The lowest BCUT2D eigenvalue weighted by atomic mass is 9.89. The second-order valence-electron chi connectivity index (χ2n) is 7.39. The molecule has 7 heteroatoms. The van der Waals surface area contributed by atoms with Crippen LogP contribution in [0.2, 0.25) is 0 Å². The molecule has 0 bridgehead atoms. The number of hydrogen-bond acceptors (Lipinski definition) is 4. The second-order valence-corrected chi connectivity index (χ2v) is 7.39. The predicted octanol–water partition coefficient (Wildman–Crippen LogP) is 2.53. The Labute approximate surface area is 162 Å². The zero-order chi connectivity index (χ0) is 20.0. The standard InChI is InChI=1S/C21H22N4O3/c1-12-9-15(18-13(2)23-24(3)19(18)22-12)20(26)25-10-16(17(11-25)21(27)28)14-7-5-4-6-8-14/h4-9,16-17H,10-11H2,1-3H3,(H,27,28)/t16-,17+/m1/s1. The van der Waals surface area contributed by atoms with Crippen LogP contribution in [-0.4, -0.2) is 49.7 Å². The summed E-state index contributed by atoms with van der Waals surface area (Å²) in [6.07, 6.45) is 0. The van der Waals surface area contributed by atoms with Crippen LogP contribution in [0.4, 0.5) is 0 Å². The number of carbonyl (C=O) groups is 2. The van der Waals surface area contributed by atoms with E-state index in [-0.39, 0.29) is 18.4 Å². The third kappa shape index (κ3) is 2.93. The molecule has 1 fully saturated rings. The molecule has 2 atom stereocenters. The molecule has 144 valence electrons. The van der Waals surface area contributed by atoms with E-state index in [1.807, 2.05) is 44.2 Å². The van der Waals surface area contributed by atoms with E-state index in [1.54, 1.807) is 22.7 Å². The number of hydrogen-bond donors (Lipinski definition) is 1. The van der Waals surface area contributed by atoms with Crippen molar-refractivity contribution >= 4 is 22.9 Å². The molecule has 28 heavy (non-hydrogen) atoms. The molecule has 1 aromatic carbocycles. The predicted molar refractivity (Wildman–Crippen MR) is 104 cm³/mol. The number of carbonyl (C=O) groups excluding carboxylic acids is 1. The molecule has 2 aromatic heterocycles. The minimum Gasteiger partial charge on any atom is -0.481 e. The number of rotatable bonds is 3. The Kier molecular flexibility index (Phi) is 4.37. The maximum Gasteiger partial charge on any atom is 0.308 e. The highest BCUT2D eigenvalue weighted by molar-refractivity contribution is 6.06. The van der Waals surface area contributed by atoms with Gasteiger partial charge in [0.25, 0.3) is 5.91 Å². The van der Waals surface area contributed by atoms with E-state index in [1.165, 1.54) is 0 Å². The van der Waals surface area contributed by atoms with Crippen molar-refractivity contribution in [2.45, 2.75) is 19.8 Å². The first-order valence-corrected chi connectivity index (χ1v) is 9.24. The van der Waals surface area contributed by atoms with Gasteiger partial charge in [-0.25, -0.2) is 4.98 Å². The number of likely N-dealkylation sites (tertiary alicyclic amines) is 1. The summed E-state index contributed by atoms with van der Waals surface area (Å²) in [4.78, 5) is 31.4. The van der Waals surface area contributed by atoms with Gasteiger partial charge >= 0.3 is 5.97 Å². The summed E-state index contributed by atoms with van der Waals surface area (Å²) in [5.41, 5.74) is 3.61. The molecule has 1 N–H and O–H groups in total. The Morgan fingerprint density at radius 1 is 1.14 bits per heavy atom. The second kappa shape index (κ2) is 6.74. The molecule has 1 aliphatic heterocycles. The van der Waals surface area contributed by atoms with Gasteiger partial charge in [-0.1, -0.05) is 30.3 Å². The third-order valence-corrected chi connectivity index (χ3v) is 5.48. The SMILES string of the molecule is Cc1cc(C(=O)N2C[C@H](C(=O)O)[C@@H](c3ccccc3)C2)c2c(C)nn(C)c2n1. The zero-order valence-corrected chi connectivity index (χ0v) is 16.1. The van der Waals surface area contributed by atoms with Gasteiger partial charge in [-0.15, -0.1) is 0 Å². The quantitative estimate of drug-likeness (QED) is 0.757. The number of pyridine rings is 1. The van der Waals surface area contributed by atoms with Gasteiger partial charge < -0.3 is 10.0 Å². The maximum atomic E-state index is 13.4. The molecule has 0 spiro atoms. The summed E-state index contributed by atoms with van der Waals surface area (Å²) in [5.74, 6) is -1.90. The molecule has 0 saturated carbocycles. The van der Waals surface area contributed by atoms with E-state index in [9.17, 15) is 14.7 Å². The van der Waals surface area contributed by atoms with E-state index in [2.05, 4.69) is 10.1 Å². The lowest BCUT2D eigenvalue weighted by molar-refractivity contribution is -0.141. The Morgan fingerprint density at radius 3 is 2.54 bits per heavy atom. The summed E-state index contributed by atoms with van der Waals surface area (Å²) in [6, 6.07) is 11.3. The van der Waals surface area contributed by atoms with Gasteiger partial charge in [0.2, 0.25) is 0 Å². The van der Waals surface area contributed by atoms with Crippen LogP contribution in [0.15, 0.2) is 36.4 Å². The number of amides is 1. The first-order chi connectivity index (χ1) is 13.4. The fraction of sp³-hybridized carbons (Fsp3) is 0.333. The number of aromatic nitrogens is 3. The molecule has 1 amide bonds. The van der Waals surface area contributed by atoms with Crippen molar-refractivity contribution in [3.63, 3.8) is 0 Å². The van der Waals surface area contributed by atoms with Gasteiger partial charge in [0.05, 0.1) is 22.6 Å². The lowest BCUT2D eigenvalue weighted by Crippen LogP contribution is -2.30. The Morgan fingerprint density at radius 2 is 1.86 bits per heavy atom. The Bertz CT molecular complexity index is 1070. The third-order valence-electron chi connectivity index (χ3n) is 5.48. The van der Waals surface area contributed by atoms with Gasteiger partial charge in [0.1, 0.15) is 0 Å². The molecular weight excluding hydrogens is 356 g/mol. The summed E-state index contributed by atoms with van der Waals surface area (Å²) >= 11 is 0. The van der Waals surface area contributed by atoms with Crippen molar-refractivity contribution in [3.8, 4) is 0 Å². The molecule has 7 nitrogen and oxygen atoms in total. The average molecular weight is 378 g/mol. The van der Waals surface area contributed by atoms with E-state index in [0.29, 0.717) is 17.8 Å². The Hall–Kier alpha value is -3.22. The molecule has 0 aliphatic carbocycles. The van der Waals surface area contributed by atoms with Crippen LogP contribution in [0.1, 0.15) is 33.2 Å². The van der Waals surface area contributed by atoms with Crippen molar-refractivity contribution < 1.29 is 14.7 Å². The Balaban J connectivity index is 1.73. The summed E-state index contributed by atoms with van der Waals surface area (Å²) < 4.78 is 1.67. The number of carboxylic acids is 1.